The number of carboxylic acid groups (broad SMARTS) is 1. The zero-order chi connectivity index (χ0) is 30.2. The van der Waals surface area contributed by atoms with E-state index in [0.717, 1.165) is 27.7 Å². The Hall–Kier alpha value is -3.84. The number of carbonyl (C=O) groups excluding carboxylic acids is 1. The predicted octanol–water partition coefficient (Wildman–Crippen LogP) is 7.36. The van der Waals surface area contributed by atoms with Crippen LogP contribution in [0.2, 0.25) is 0 Å². The smallest absolute Gasteiger partial charge is 0.410 e. The van der Waals surface area contributed by atoms with Crippen molar-refractivity contribution in [1.29, 1.82) is 0 Å². The van der Waals surface area contributed by atoms with E-state index in [9.17, 15) is 14.7 Å². The summed E-state index contributed by atoms with van der Waals surface area (Å²) in [5.74, 6) is -0.221. The fraction of sp³-hybridized carbons (Fsp3) is 0.412. The summed E-state index contributed by atoms with van der Waals surface area (Å²) in [7, 11) is 0. The number of amides is 1. The highest BCUT2D eigenvalue weighted by atomic mass is 16.6. The number of hydrogen-bond donors (Lipinski definition) is 1. The van der Waals surface area contributed by atoms with E-state index in [1.165, 1.54) is 0 Å². The first kappa shape index (κ1) is 31.7. The molecule has 1 amide bonds. The van der Waals surface area contributed by atoms with Crippen molar-refractivity contribution in [2.45, 2.75) is 66.2 Å². The van der Waals surface area contributed by atoms with Crippen LogP contribution in [0.5, 0.6) is 5.75 Å². The topological polar surface area (TPSA) is 79.3 Å². The summed E-state index contributed by atoms with van der Waals surface area (Å²) >= 11 is 0. The zero-order valence-electron chi connectivity index (χ0n) is 25.4. The molecule has 3 rings (SSSR count). The van der Waals surface area contributed by atoms with Crippen molar-refractivity contribution in [2.75, 3.05) is 26.2 Å². The predicted molar refractivity (Wildman–Crippen MR) is 166 cm³/mol. The average molecular weight is 561 g/mol. The Kier molecular flexibility index (Phi) is 11.0. The van der Waals surface area contributed by atoms with Crippen LogP contribution in [-0.4, -0.2) is 70.9 Å². The van der Waals surface area contributed by atoms with Crippen molar-refractivity contribution < 1.29 is 24.2 Å². The van der Waals surface area contributed by atoms with E-state index in [4.69, 9.17) is 9.47 Å². The number of fused-ring (bicyclic) bond motifs is 1. The van der Waals surface area contributed by atoms with Crippen LogP contribution in [0.15, 0.2) is 72.3 Å². The molecular formula is C34H44N2O5. The third-order valence-corrected chi connectivity index (χ3v) is 6.69. The first-order valence-corrected chi connectivity index (χ1v) is 14.2. The Labute approximate surface area is 244 Å². The van der Waals surface area contributed by atoms with Crippen LogP contribution in [0.4, 0.5) is 4.79 Å². The van der Waals surface area contributed by atoms with Crippen LogP contribution in [0.25, 0.3) is 16.8 Å². The number of ether oxygens (including phenoxy) is 2. The molecule has 0 heterocycles. The van der Waals surface area contributed by atoms with Crippen LogP contribution in [-0.2, 0) is 4.74 Å². The highest BCUT2D eigenvalue weighted by Gasteiger charge is 2.25. The summed E-state index contributed by atoms with van der Waals surface area (Å²) in [6.07, 6.45) is 1.57. The van der Waals surface area contributed by atoms with Crippen molar-refractivity contribution >= 4 is 28.9 Å². The summed E-state index contributed by atoms with van der Waals surface area (Å²) in [5.41, 5.74) is 1.25. The molecule has 0 fully saturated rings. The Bertz CT molecular complexity index is 1330. The lowest BCUT2D eigenvalue weighted by Gasteiger charge is -2.34. The summed E-state index contributed by atoms with van der Waals surface area (Å²) in [4.78, 5) is 28.9. The fourth-order valence-corrected chi connectivity index (χ4v) is 4.74. The quantitative estimate of drug-likeness (QED) is 0.249. The normalized spacial score (nSPS) is 12.3. The number of benzene rings is 3. The standard InChI is InChI=1S/C34H44N2O5/c1-24(2)36(25(3)4)20-19-35(33(39)41-34(5,6)7)22-27(21-26-15-17-29(18-16-26)32(37)38)23-40-31-14-10-12-28-11-8-9-13-30(28)31/h8-18,21,24-25H,19-20,22-23H2,1-7H3,(H,37,38). The van der Waals surface area contributed by atoms with Crippen molar-refractivity contribution in [1.82, 2.24) is 9.80 Å². The van der Waals surface area contributed by atoms with Gasteiger partial charge in [0.2, 0.25) is 0 Å². The Morgan fingerprint density at radius 3 is 2.12 bits per heavy atom. The molecule has 0 aliphatic carbocycles. The van der Waals surface area contributed by atoms with Gasteiger partial charge < -0.3 is 19.5 Å². The van der Waals surface area contributed by atoms with Crippen LogP contribution in [0, 0.1) is 0 Å². The highest BCUT2D eigenvalue weighted by molar-refractivity contribution is 5.88. The molecule has 0 radical (unpaired) electrons. The zero-order valence-corrected chi connectivity index (χ0v) is 25.4. The Morgan fingerprint density at radius 1 is 0.878 bits per heavy atom. The average Bonchev–Trinajstić information content (AvgIpc) is 2.90. The molecule has 41 heavy (non-hydrogen) atoms. The Morgan fingerprint density at radius 2 is 1.51 bits per heavy atom. The van der Waals surface area contributed by atoms with Gasteiger partial charge >= 0.3 is 12.1 Å². The van der Waals surface area contributed by atoms with Crippen LogP contribution < -0.4 is 4.74 Å². The van der Waals surface area contributed by atoms with E-state index in [2.05, 4.69) is 32.6 Å². The van der Waals surface area contributed by atoms with Crippen molar-refractivity contribution in [3.8, 4) is 5.75 Å². The van der Waals surface area contributed by atoms with Gasteiger partial charge in [0.05, 0.1) is 5.56 Å². The molecule has 0 aliphatic rings. The molecule has 0 saturated carbocycles. The highest BCUT2D eigenvalue weighted by Crippen LogP contribution is 2.26. The third kappa shape index (κ3) is 9.64. The SMILES string of the molecule is CC(C)N(CCN(CC(=Cc1ccc(C(=O)O)cc1)COc1cccc2ccccc12)C(=O)OC(C)(C)C)C(C)C. The summed E-state index contributed by atoms with van der Waals surface area (Å²) in [6, 6.07) is 21.3. The maximum absolute atomic E-state index is 13.4. The second-order valence-electron chi connectivity index (χ2n) is 11.8. The molecule has 0 aromatic heterocycles. The molecule has 7 nitrogen and oxygen atoms in total. The van der Waals surface area contributed by atoms with Crippen molar-refractivity contribution in [3.63, 3.8) is 0 Å². The Balaban J connectivity index is 1.94. The molecule has 3 aromatic carbocycles. The third-order valence-electron chi connectivity index (χ3n) is 6.69. The van der Waals surface area contributed by atoms with Gasteiger partial charge in [-0.05, 0) is 83.2 Å². The minimum absolute atomic E-state index is 0.216. The van der Waals surface area contributed by atoms with E-state index >= 15 is 0 Å². The first-order chi connectivity index (χ1) is 19.3. The number of carbonyl (C=O) groups is 2. The van der Waals surface area contributed by atoms with Crippen LogP contribution >= 0.6 is 0 Å². The molecule has 3 aromatic rings. The van der Waals surface area contributed by atoms with E-state index in [-0.39, 0.29) is 18.3 Å². The van der Waals surface area contributed by atoms with Gasteiger partial charge in [0.15, 0.2) is 0 Å². The summed E-state index contributed by atoms with van der Waals surface area (Å²) in [5, 5.41) is 11.4. The molecule has 0 aliphatic heterocycles. The van der Waals surface area contributed by atoms with E-state index < -0.39 is 11.6 Å². The molecule has 1 N–H and O–H groups in total. The molecule has 0 spiro atoms. The van der Waals surface area contributed by atoms with Gasteiger partial charge in [0.1, 0.15) is 18.0 Å². The lowest BCUT2D eigenvalue weighted by molar-refractivity contribution is 0.0230. The van der Waals surface area contributed by atoms with Gasteiger partial charge in [-0.25, -0.2) is 9.59 Å². The van der Waals surface area contributed by atoms with E-state index in [0.29, 0.717) is 31.7 Å². The lowest BCUT2D eigenvalue weighted by Crippen LogP contribution is -2.46. The van der Waals surface area contributed by atoms with E-state index in [1.54, 1.807) is 29.2 Å². The molecule has 7 heteroatoms. The van der Waals surface area contributed by atoms with Crippen LogP contribution in [0.1, 0.15) is 64.4 Å². The lowest BCUT2D eigenvalue weighted by atomic mass is 10.1. The number of rotatable bonds is 12. The summed E-state index contributed by atoms with van der Waals surface area (Å²) in [6.45, 7) is 15.9. The van der Waals surface area contributed by atoms with E-state index in [1.807, 2.05) is 69.3 Å². The monoisotopic (exact) mass is 560 g/mol. The largest absolute Gasteiger partial charge is 0.489 e. The van der Waals surface area contributed by atoms with Gasteiger partial charge in [-0.15, -0.1) is 0 Å². The van der Waals surface area contributed by atoms with Gasteiger partial charge in [-0.1, -0.05) is 54.6 Å². The molecular weight excluding hydrogens is 516 g/mol. The van der Waals surface area contributed by atoms with Gasteiger partial charge in [0.25, 0.3) is 0 Å². The fourth-order valence-electron chi connectivity index (χ4n) is 4.74. The molecule has 220 valence electrons. The minimum Gasteiger partial charge on any atom is -0.489 e. The number of carboxylic acids is 1. The van der Waals surface area contributed by atoms with Gasteiger partial charge in [-0.3, -0.25) is 4.90 Å². The van der Waals surface area contributed by atoms with Crippen LogP contribution in [0.3, 0.4) is 0 Å². The van der Waals surface area contributed by atoms with Crippen molar-refractivity contribution in [2.24, 2.45) is 0 Å². The summed E-state index contributed by atoms with van der Waals surface area (Å²) < 4.78 is 12.1. The second-order valence-corrected chi connectivity index (χ2v) is 11.8. The minimum atomic E-state index is -0.976. The maximum atomic E-state index is 13.4. The molecule has 0 bridgehead atoms. The number of hydrogen-bond acceptors (Lipinski definition) is 5. The van der Waals surface area contributed by atoms with Crippen molar-refractivity contribution in [3.05, 3.63) is 83.4 Å². The number of aromatic carboxylic acids is 1. The maximum Gasteiger partial charge on any atom is 0.410 e. The number of nitrogens with zero attached hydrogens (tertiary/aromatic N) is 2. The first-order valence-electron chi connectivity index (χ1n) is 14.2. The molecule has 0 saturated heterocycles. The molecule has 0 atom stereocenters. The molecule has 0 unspecified atom stereocenters. The second kappa shape index (κ2) is 14.2. The van der Waals surface area contributed by atoms with Gasteiger partial charge in [0, 0.05) is 37.1 Å². The van der Waals surface area contributed by atoms with Gasteiger partial charge in [-0.2, -0.15) is 0 Å².